The molecule has 118 valence electrons. The van der Waals surface area contributed by atoms with E-state index in [-0.39, 0.29) is 0 Å². The number of rotatable bonds is 4. The second kappa shape index (κ2) is 5.64. The van der Waals surface area contributed by atoms with Crippen molar-refractivity contribution in [1.29, 1.82) is 0 Å². The molecule has 1 aliphatic carbocycles. The molecular weight excluding hydrogens is 260 g/mol. The van der Waals surface area contributed by atoms with Crippen LogP contribution in [0.4, 0.5) is 5.82 Å². The van der Waals surface area contributed by atoms with Crippen LogP contribution < -0.4 is 10.2 Å². The van der Waals surface area contributed by atoms with Crippen molar-refractivity contribution in [3.05, 3.63) is 11.3 Å². The minimum absolute atomic E-state index is 0.593. The van der Waals surface area contributed by atoms with Crippen molar-refractivity contribution in [1.82, 2.24) is 15.1 Å². The van der Waals surface area contributed by atoms with Crippen LogP contribution in [0.2, 0.25) is 0 Å². The fourth-order valence-electron chi connectivity index (χ4n) is 3.78. The Morgan fingerprint density at radius 3 is 2.62 bits per heavy atom. The summed E-state index contributed by atoms with van der Waals surface area (Å²) in [6.07, 6.45) is 4.01. The van der Waals surface area contributed by atoms with Gasteiger partial charge >= 0.3 is 0 Å². The molecule has 4 heteroatoms. The van der Waals surface area contributed by atoms with Gasteiger partial charge in [-0.15, -0.1) is 0 Å². The molecule has 1 aliphatic heterocycles. The van der Waals surface area contributed by atoms with E-state index in [0.717, 1.165) is 31.0 Å². The Labute approximate surface area is 128 Å². The van der Waals surface area contributed by atoms with Gasteiger partial charge in [0.2, 0.25) is 0 Å². The van der Waals surface area contributed by atoms with E-state index >= 15 is 0 Å². The zero-order valence-corrected chi connectivity index (χ0v) is 14.2. The summed E-state index contributed by atoms with van der Waals surface area (Å²) in [6, 6.07) is 1.34. The Bertz CT molecular complexity index is 503. The number of hydrogen-bond donors (Lipinski definition) is 1. The first-order valence-corrected chi connectivity index (χ1v) is 8.49. The van der Waals surface area contributed by atoms with Crippen molar-refractivity contribution >= 4 is 5.82 Å². The van der Waals surface area contributed by atoms with E-state index in [1.165, 1.54) is 36.3 Å². The normalized spacial score (nSPS) is 30.0. The highest BCUT2D eigenvalue weighted by Crippen LogP contribution is 2.34. The molecule has 0 spiro atoms. The van der Waals surface area contributed by atoms with Crippen molar-refractivity contribution in [2.45, 2.75) is 65.6 Å². The predicted octanol–water partition coefficient (Wildman–Crippen LogP) is 2.85. The van der Waals surface area contributed by atoms with E-state index < -0.39 is 0 Å². The zero-order chi connectivity index (χ0) is 15.1. The number of piperidine rings is 1. The van der Waals surface area contributed by atoms with Crippen LogP contribution in [-0.2, 0) is 13.6 Å². The van der Waals surface area contributed by atoms with E-state index in [9.17, 15) is 0 Å². The first-order valence-electron chi connectivity index (χ1n) is 8.49. The summed E-state index contributed by atoms with van der Waals surface area (Å²) < 4.78 is 2.10. The first kappa shape index (κ1) is 14.9. The van der Waals surface area contributed by atoms with E-state index in [4.69, 9.17) is 5.10 Å². The molecule has 2 fully saturated rings. The smallest absolute Gasteiger partial charge is 0.131 e. The second-order valence-electron chi connectivity index (χ2n) is 7.38. The molecule has 21 heavy (non-hydrogen) atoms. The lowest BCUT2D eigenvalue weighted by Crippen LogP contribution is -2.47. The minimum Gasteiger partial charge on any atom is -0.353 e. The maximum atomic E-state index is 4.70. The number of hydrogen-bond acceptors (Lipinski definition) is 3. The molecule has 0 amide bonds. The number of nitrogens with zero attached hydrogens (tertiary/aromatic N) is 3. The van der Waals surface area contributed by atoms with Gasteiger partial charge in [-0.05, 0) is 44.9 Å². The highest BCUT2D eigenvalue weighted by atomic mass is 15.4. The molecule has 1 aromatic rings. The van der Waals surface area contributed by atoms with Crippen LogP contribution in [0.3, 0.4) is 0 Å². The van der Waals surface area contributed by atoms with Crippen molar-refractivity contribution in [2.24, 2.45) is 18.9 Å². The van der Waals surface area contributed by atoms with Gasteiger partial charge in [-0.25, -0.2) is 0 Å². The lowest BCUT2D eigenvalue weighted by Gasteiger charge is -2.42. The first-order chi connectivity index (χ1) is 9.97. The molecule has 3 atom stereocenters. The number of aryl methyl sites for hydroxylation is 2. The molecule has 1 aromatic heterocycles. The maximum absolute atomic E-state index is 4.70. The van der Waals surface area contributed by atoms with Crippen molar-refractivity contribution in [3.63, 3.8) is 0 Å². The lowest BCUT2D eigenvalue weighted by molar-refractivity contribution is 0.293. The maximum Gasteiger partial charge on any atom is 0.131 e. The largest absolute Gasteiger partial charge is 0.353 e. The fraction of sp³-hybridized carbons (Fsp3) is 0.824. The van der Waals surface area contributed by atoms with Gasteiger partial charge < -0.3 is 10.2 Å². The average Bonchev–Trinajstić information content (AvgIpc) is 3.18. The Kier molecular flexibility index (Phi) is 4.00. The molecule has 3 rings (SSSR count). The molecule has 0 aromatic carbocycles. The summed E-state index contributed by atoms with van der Waals surface area (Å²) in [5.74, 6) is 2.84. The van der Waals surface area contributed by atoms with Gasteiger partial charge in [0.1, 0.15) is 5.82 Å². The van der Waals surface area contributed by atoms with E-state index in [1.807, 2.05) is 0 Å². The minimum atomic E-state index is 0.593. The van der Waals surface area contributed by atoms with Gasteiger partial charge in [0.05, 0.1) is 5.69 Å². The summed E-state index contributed by atoms with van der Waals surface area (Å²) in [7, 11) is 2.10. The summed E-state index contributed by atoms with van der Waals surface area (Å²) in [6.45, 7) is 11.4. The third-order valence-electron chi connectivity index (χ3n) is 5.33. The highest BCUT2D eigenvalue weighted by Gasteiger charge is 2.33. The van der Waals surface area contributed by atoms with Gasteiger partial charge in [0, 0.05) is 37.8 Å². The molecule has 0 radical (unpaired) electrons. The SMILES string of the molecule is Cc1nn(C)c(N2CC(C)CC(C)C2C)c1CNC1CC1. The van der Waals surface area contributed by atoms with Crippen LogP contribution in [0.1, 0.15) is 51.3 Å². The van der Waals surface area contributed by atoms with Crippen molar-refractivity contribution in [3.8, 4) is 0 Å². The fourth-order valence-corrected chi connectivity index (χ4v) is 3.78. The molecule has 2 aliphatic rings. The highest BCUT2D eigenvalue weighted by molar-refractivity contribution is 5.51. The number of anilines is 1. The van der Waals surface area contributed by atoms with Gasteiger partial charge in [0.15, 0.2) is 0 Å². The Hall–Kier alpha value is -1.03. The summed E-state index contributed by atoms with van der Waals surface area (Å²) >= 11 is 0. The van der Waals surface area contributed by atoms with Crippen LogP contribution in [0.5, 0.6) is 0 Å². The third-order valence-corrected chi connectivity index (χ3v) is 5.33. The second-order valence-corrected chi connectivity index (χ2v) is 7.38. The molecule has 0 bridgehead atoms. The van der Waals surface area contributed by atoms with Crippen molar-refractivity contribution in [2.75, 3.05) is 11.4 Å². The van der Waals surface area contributed by atoms with E-state index in [2.05, 4.69) is 49.6 Å². The quantitative estimate of drug-likeness (QED) is 0.925. The zero-order valence-electron chi connectivity index (χ0n) is 14.2. The number of nitrogens with one attached hydrogen (secondary N) is 1. The van der Waals surface area contributed by atoms with Gasteiger partial charge in [0.25, 0.3) is 0 Å². The standard InChI is InChI=1S/C17H30N4/c1-11-8-12(2)14(4)21(10-11)17-16(9-18-15-6-7-15)13(3)19-20(17)5/h11-12,14-15,18H,6-10H2,1-5H3. The van der Waals surface area contributed by atoms with Crippen LogP contribution in [0.15, 0.2) is 0 Å². The number of aromatic nitrogens is 2. The summed E-state index contributed by atoms with van der Waals surface area (Å²) in [5, 5.41) is 8.37. The van der Waals surface area contributed by atoms with Gasteiger partial charge in [-0.3, -0.25) is 4.68 Å². The van der Waals surface area contributed by atoms with Gasteiger partial charge in [-0.1, -0.05) is 13.8 Å². The van der Waals surface area contributed by atoms with Crippen LogP contribution in [0.25, 0.3) is 0 Å². The van der Waals surface area contributed by atoms with Crippen LogP contribution >= 0.6 is 0 Å². The topological polar surface area (TPSA) is 33.1 Å². The van der Waals surface area contributed by atoms with Gasteiger partial charge in [-0.2, -0.15) is 5.10 Å². The lowest BCUT2D eigenvalue weighted by atomic mass is 9.86. The van der Waals surface area contributed by atoms with Crippen LogP contribution in [-0.4, -0.2) is 28.4 Å². The monoisotopic (exact) mass is 290 g/mol. The molecule has 1 N–H and O–H groups in total. The molecule has 3 unspecified atom stereocenters. The Morgan fingerprint density at radius 2 is 1.95 bits per heavy atom. The summed E-state index contributed by atoms with van der Waals surface area (Å²) in [4.78, 5) is 2.60. The average molecular weight is 290 g/mol. The molecule has 1 saturated heterocycles. The van der Waals surface area contributed by atoms with Crippen molar-refractivity contribution < 1.29 is 0 Å². The van der Waals surface area contributed by atoms with E-state index in [1.54, 1.807) is 0 Å². The Balaban J connectivity index is 1.88. The predicted molar refractivity (Wildman–Crippen MR) is 87.6 cm³/mol. The summed E-state index contributed by atoms with van der Waals surface area (Å²) in [5.41, 5.74) is 2.58. The molecular formula is C17H30N4. The van der Waals surface area contributed by atoms with Crippen LogP contribution in [0, 0.1) is 18.8 Å². The van der Waals surface area contributed by atoms with E-state index in [0.29, 0.717) is 6.04 Å². The molecule has 2 heterocycles. The molecule has 1 saturated carbocycles. The molecule has 4 nitrogen and oxygen atoms in total. The third kappa shape index (κ3) is 2.96. The Morgan fingerprint density at radius 1 is 1.24 bits per heavy atom.